The molecule has 1 heterocycles. The fourth-order valence-corrected chi connectivity index (χ4v) is 3.14. The Morgan fingerprint density at radius 2 is 1.68 bits per heavy atom. The maximum absolute atomic E-state index is 5.67. The molecule has 3 heteroatoms. The number of nitrogens with zero attached hydrogens (tertiary/aromatic N) is 1. The Labute approximate surface area is 120 Å². The maximum atomic E-state index is 5.67. The molecule has 1 aliphatic heterocycles. The third kappa shape index (κ3) is 5.80. The van der Waals surface area contributed by atoms with Gasteiger partial charge in [-0.3, -0.25) is 0 Å². The Bertz CT molecular complexity index is 253. The molecule has 0 aliphatic carbocycles. The van der Waals surface area contributed by atoms with Gasteiger partial charge >= 0.3 is 0 Å². The van der Waals surface area contributed by atoms with Crippen LogP contribution in [0.1, 0.15) is 47.0 Å². The molecular weight excluding hydrogens is 234 g/mol. The van der Waals surface area contributed by atoms with Gasteiger partial charge in [0.25, 0.3) is 0 Å². The van der Waals surface area contributed by atoms with E-state index in [9.17, 15) is 0 Å². The highest BCUT2D eigenvalue weighted by molar-refractivity contribution is 4.85. The lowest BCUT2D eigenvalue weighted by molar-refractivity contribution is 0.110. The van der Waals surface area contributed by atoms with E-state index in [1.807, 2.05) is 0 Å². The van der Waals surface area contributed by atoms with Crippen LogP contribution in [0.3, 0.4) is 0 Å². The second kappa shape index (κ2) is 7.05. The molecule has 19 heavy (non-hydrogen) atoms. The molecule has 0 amide bonds. The van der Waals surface area contributed by atoms with Crippen LogP contribution in [0.2, 0.25) is 0 Å². The van der Waals surface area contributed by atoms with Gasteiger partial charge in [0.05, 0.1) is 0 Å². The Hall–Kier alpha value is -0.120. The van der Waals surface area contributed by atoms with E-state index in [0.717, 1.165) is 32.0 Å². The fourth-order valence-electron chi connectivity index (χ4n) is 3.14. The first kappa shape index (κ1) is 16.9. The van der Waals surface area contributed by atoms with Gasteiger partial charge in [0.15, 0.2) is 0 Å². The zero-order valence-corrected chi connectivity index (χ0v) is 13.8. The van der Waals surface area contributed by atoms with Crippen LogP contribution in [-0.4, -0.2) is 44.7 Å². The first-order valence-corrected chi connectivity index (χ1v) is 7.86. The Morgan fingerprint density at radius 3 is 2.21 bits per heavy atom. The van der Waals surface area contributed by atoms with E-state index in [2.05, 4.69) is 45.0 Å². The number of hydrogen-bond acceptors (Lipinski definition) is 3. The molecule has 0 bridgehead atoms. The lowest BCUT2D eigenvalue weighted by Crippen LogP contribution is -2.43. The molecule has 1 saturated heterocycles. The van der Waals surface area contributed by atoms with Crippen LogP contribution in [-0.2, 0) is 0 Å². The normalized spacial score (nSPS) is 19.9. The summed E-state index contributed by atoms with van der Waals surface area (Å²) in [5.74, 6) is 0.855. The average molecular weight is 269 g/mol. The number of likely N-dealkylation sites (tertiary alicyclic amines) is 1. The summed E-state index contributed by atoms with van der Waals surface area (Å²) < 4.78 is 0. The molecule has 0 aromatic heterocycles. The lowest BCUT2D eigenvalue weighted by atomic mass is 9.73. The van der Waals surface area contributed by atoms with E-state index in [1.54, 1.807) is 0 Å². The van der Waals surface area contributed by atoms with Crippen LogP contribution in [0, 0.1) is 16.7 Å². The Kier molecular flexibility index (Phi) is 6.28. The summed E-state index contributed by atoms with van der Waals surface area (Å²) in [6, 6.07) is 0. The van der Waals surface area contributed by atoms with E-state index < -0.39 is 0 Å². The van der Waals surface area contributed by atoms with Crippen LogP contribution < -0.4 is 11.1 Å². The fraction of sp³-hybridized carbons (Fsp3) is 1.00. The third-order valence-corrected chi connectivity index (χ3v) is 4.83. The topological polar surface area (TPSA) is 41.3 Å². The van der Waals surface area contributed by atoms with E-state index in [0.29, 0.717) is 10.8 Å². The van der Waals surface area contributed by atoms with E-state index in [4.69, 9.17) is 5.73 Å². The predicted molar refractivity (Wildman–Crippen MR) is 84.3 cm³/mol. The highest BCUT2D eigenvalue weighted by atomic mass is 15.1. The molecule has 0 spiro atoms. The van der Waals surface area contributed by atoms with Gasteiger partial charge in [-0.25, -0.2) is 0 Å². The molecule has 114 valence electrons. The molecule has 1 rings (SSSR count). The molecule has 3 nitrogen and oxygen atoms in total. The molecule has 3 N–H and O–H groups in total. The van der Waals surface area contributed by atoms with Crippen LogP contribution in [0.25, 0.3) is 0 Å². The van der Waals surface area contributed by atoms with E-state index >= 15 is 0 Å². The Balaban J connectivity index is 2.34. The van der Waals surface area contributed by atoms with E-state index in [-0.39, 0.29) is 0 Å². The monoisotopic (exact) mass is 269 g/mol. The minimum Gasteiger partial charge on any atom is -0.330 e. The zero-order valence-electron chi connectivity index (χ0n) is 13.8. The number of rotatable bonds is 7. The van der Waals surface area contributed by atoms with Crippen molar-refractivity contribution in [1.82, 2.24) is 10.2 Å². The average Bonchev–Trinajstić information content (AvgIpc) is 2.28. The van der Waals surface area contributed by atoms with Gasteiger partial charge in [0.2, 0.25) is 0 Å². The quantitative estimate of drug-likeness (QED) is 0.745. The van der Waals surface area contributed by atoms with Crippen molar-refractivity contribution >= 4 is 0 Å². The highest BCUT2D eigenvalue weighted by Gasteiger charge is 2.31. The van der Waals surface area contributed by atoms with Crippen LogP contribution in [0.15, 0.2) is 0 Å². The summed E-state index contributed by atoms with van der Waals surface area (Å²) in [7, 11) is 2.23. The molecule has 0 saturated carbocycles. The van der Waals surface area contributed by atoms with Crippen molar-refractivity contribution in [2.75, 3.05) is 39.8 Å². The van der Waals surface area contributed by atoms with Gasteiger partial charge in [0, 0.05) is 13.1 Å². The third-order valence-electron chi connectivity index (χ3n) is 4.83. The molecule has 0 atom stereocenters. The molecule has 1 aliphatic rings. The largest absolute Gasteiger partial charge is 0.330 e. The van der Waals surface area contributed by atoms with Gasteiger partial charge in [-0.2, -0.15) is 0 Å². The lowest BCUT2D eigenvalue weighted by Gasteiger charge is -2.40. The number of nitrogens with two attached hydrogens (primary N) is 1. The standard InChI is InChI=1S/C16H35N3/c1-15(2,8-9-17)12-18-13-16(3,4)14-6-10-19(5)11-7-14/h14,18H,6-13,17H2,1-5H3. The van der Waals surface area contributed by atoms with Crippen molar-refractivity contribution in [3.63, 3.8) is 0 Å². The van der Waals surface area contributed by atoms with Crippen LogP contribution >= 0.6 is 0 Å². The Morgan fingerprint density at radius 1 is 1.11 bits per heavy atom. The number of hydrogen-bond donors (Lipinski definition) is 2. The molecule has 0 aromatic rings. The van der Waals surface area contributed by atoms with Crippen molar-refractivity contribution in [2.45, 2.75) is 47.0 Å². The van der Waals surface area contributed by atoms with Crippen molar-refractivity contribution in [3.05, 3.63) is 0 Å². The van der Waals surface area contributed by atoms with Gasteiger partial charge in [-0.05, 0) is 62.7 Å². The van der Waals surface area contributed by atoms with Crippen molar-refractivity contribution in [1.29, 1.82) is 0 Å². The molecular formula is C16H35N3. The second-order valence-electron chi connectivity index (χ2n) is 7.87. The predicted octanol–water partition coefficient (Wildman–Crippen LogP) is 2.32. The number of nitrogens with one attached hydrogen (secondary N) is 1. The summed E-state index contributed by atoms with van der Waals surface area (Å²) in [6.07, 6.45) is 3.78. The van der Waals surface area contributed by atoms with Crippen LogP contribution in [0.4, 0.5) is 0 Å². The minimum atomic E-state index is 0.317. The molecule has 0 unspecified atom stereocenters. The van der Waals surface area contributed by atoms with Gasteiger partial charge < -0.3 is 16.0 Å². The molecule has 0 radical (unpaired) electrons. The van der Waals surface area contributed by atoms with Crippen molar-refractivity contribution < 1.29 is 0 Å². The van der Waals surface area contributed by atoms with Crippen LogP contribution in [0.5, 0.6) is 0 Å². The van der Waals surface area contributed by atoms with Gasteiger partial charge in [-0.1, -0.05) is 27.7 Å². The first-order valence-electron chi connectivity index (χ1n) is 7.86. The van der Waals surface area contributed by atoms with Crippen molar-refractivity contribution in [2.24, 2.45) is 22.5 Å². The van der Waals surface area contributed by atoms with Crippen molar-refractivity contribution in [3.8, 4) is 0 Å². The zero-order chi connectivity index (χ0) is 14.5. The van der Waals surface area contributed by atoms with Gasteiger partial charge in [0.1, 0.15) is 0 Å². The summed E-state index contributed by atoms with van der Waals surface area (Å²) in [5, 5.41) is 3.69. The first-order chi connectivity index (χ1) is 8.77. The summed E-state index contributed by atoms with van der Waals surface area (Å²) in [4.78, 5) is 2.45. The van der Waals surface area contributed by atoms with E-state index in [1.165, 1.54) is 25.9 Å². The van der Waals surface area contributed by atoms with Gasteiger partial charge in [-0.15, -0.1) is 0 Å². The SMILES string of the molecule is CN1CCC(C(C)(C)CNCC(C)(C)CCN)CC1. The number of piperidine rings is 1. The second-order valence-corrected chi connectivity index (χ2v) is 7.87. The molecule has 1 fully saturated rings. The highest BCUT2D eigenvalue weighted by Crippen LogP contribution is 2.34. The summed E-state index contributed by atoms with van der Waals surface area (Å²) in [6.45, 7) is 14.9. The summed E-state index contributed by atoms with van der Waals surface area (Å²) >= 11 is 0. The summed E-state index contributed by atoms with van der Waals surface area (Å²) in [5.41, 5.74) is 6.39. The molecule has 0 aromatic carbocycles. The minimum absolute atomic E-state index is 0.317. The smallest absolute Gasteiger partial charge is 0.000541 e. The maximum Gasteiger partial charge on any atom is 0.000541 e.